The van der Waals surface area contributed by atoms with Crippen molar-refractivity contribution in [1.82, 2.24) is 20.5 Å². The lowest BCUT2D eigenvalue weighted by atomic mass is 9.69. The smallest absolute Gasteiger partial charge is 0.272 e. The Hall–Kier alpha value is -4.11. The number of H-pyrrole nitrogens is 1. The number of amides is 1. The molecule has 212 valence electrons. The molecule has 1 saturated carbocycles. The summed E-state index contributed by atoms with van der Waals surface area (Å²) in [5, 5.41) is 13.8. The quantitative estimate of drug-likeness (QED) is 0.313. The van der Waals surface area contributed by atoms with E-state index < -0.39 is 5.92 Å². The van der Waals surface area contributed by atoms with Gasteiger partial charge in [0.25, 0.3) is 5.91 Å². The number of nitrogens with zero attached hydrogens (tertiary/aromatic N) is 2. The highest BCUT2D eigenvalue weighted by atomic mass is 19.1. The normalized spacial score (nSPS) is 20.7. The van der Waals surface area contributed by atoms with Gasteiger partial charge in [0.15, 0.2) is 11.5 Å². The lowest BCUT2D eigenvalue weighted by molar-refractivity contribution is -0.118. The van der Waals surface area contributed by atoms with E-state index in [2.05, 4.69) is 39.7 Å². The van der Waals surface area contributed by atoms with Crippen LogP contribution in [0.5, 0.6) is 0 Å². The Morgan fingerprint density at radius 1 is 1.20 bits per heavy atom. The van der Waals surface area contributed by atoms with E-state index in [0.717, 1.165) is 36.1 Å². The number of halogens is 1. The summed E-state index contributed by atoms with van der Waals surface area (Å²) in [5.74, 6) is -0.375. The zero-order valence-electron chi connectivity index (χ0n) is 23.4. The second kappa shape index (κ2) is 10.4. The highest BCUT2D eigenvalue weighted by molar-refractivity contribution is 6.03. The molecule has 2 aliphatic carbocycles. The number of allylic oxidation sites excluding steroid dienone is 3. The topological polar surface area (TPSA) is 126 Å². The summed E-state index contributed by atoms with van der Waals surface area (Å²) >= 11 is 0. The molecule has 3 heterocycles. The van der Waals surface area contributed by atoms with Gasteiger partial charge in [-0.3, -0.25) is 19.7 Å². The van der Waals surface area contributed by atoms with Crippen molar-refractivity contribution in [1.29, 1.82) is 0 Å². The van der Waals surface area contributed by atoms with E-state index in [-0.39, 0.29) is 34.0 Å². The standard InChI is InChI=1S/C32H35FN6O2/c1-31(2)14-24-26(25(40)15-31)23(10-9-22-8-7-20(16-35-22)19-5-3-6-21(33)13-19)27-28(38-39-29(27)37-24)30(41)36-18-32(17-34)11-4-12-32/h3,5-10,13,16,23H,4,11-12,14-15,17-18,34H2,1-2H3,(H,36,41)(H2,37,38,39)/b10-9+. The van der Waals surface area contributed by atoms with E-state index in [1.807, 2.05) is 30.4 Å². The Labute approximate surface area is 238 Å². The van der Waals surface area contributed by atoms with Gasteiger partial charge in [-0.1, -0.05) is 44.5 Å². The molecule has 1 fully saturated rings. The Morgan fingerprint density at radius 3 is 2.71 bits per heavy atom. The molecule has 6 rings (SSSR count). The highest BCUT2D eigenvalue weighted by Gasteiger charge is 2.42. The third-order valence-electron chi connectivity index (χ3n) is 8.71. The van der Waals surface area contributed by atoms with Gasteiger partial charge in [0.2, 0.25) is 0 Å². The maximum atomic E-state index is 13.7. The first kappa shape index (κ1) is 27.1. The molecule has 1 amide bonds. The third-order valence-corrected chi connectivity index (χ3v) is 8.71. The van der Waals surface area contributed by atoms with Gasteiger partial charge in [-0.25, -0.2) is 4.39 Å². The van der Waals surface area contributed by atoms with Crippen LogP contribution < -0.4 is 16.4 Å². The fraction of sp³-hybridized carbons (Fsp3) is 0.375. The van der Waals surface area contributed by atoms with Crippen molar-refractivity contribution >= 4 is 23.6 Å². The number of nitrogens with one attached hydrogen (secondary N) is 3. The van der Waals surface area contributed by atoms with Gasteiger partial charge < -0.3 is 16.4 Å². The van der Waals surface area contributed by atoms with Crippen LogP contribution in [0.4, 0.5) is 10.2 Å². The lowest BCUT2D eigenvalue weighted by Gasteiger charge is -2.41. The zero-order chi connectivity index (χ0) is 28.8. The zero-order valence-corrected chi connectivity index (χ0v) is 23.4. The number of hydrogen-bond donors (Lipinski definition) is 4. The number of carbonyl (C=O) groups excluding carboxylic acids is 2. The second-order valence-electron chi connectivity index (χ2n) is 12.4. The minimum Gasteiger partial charge on any atom is -0.350 e. The molecule has 2 aromatic heterocycles. The number of aromatic nitrogens is 3. The molecular weight excluding hydrogens is 519 g/mol. The Morgan fingerprint density at radius 2 is 2.02 bits per heavy atom. The van der Waals surface area contributed by atoms with E-state index >= 15 is 0 Å². The molecule has 0 radical (unpaired) electrons. The Kier molecular flexibility index (Phi) is 6.85. The monoisotopic (exact) mass is 554 g/mol. The fourth-order valence-corrected chi connectivity index (χ4v) is 6.24. The van der Waals surface area contributed by atoms with Crippen LogP contribution in [0.3, 0.4) is 0 Å². The predicted molar refractivity (Wildman–Crippen MR) is 156 cm³/mol. The molecule has 1 aliphatic heterocycles. The van der Waals surface area contributed by atoms with Crippen molar-refractivity contribution in [2.45, 2.75) is 51.9 Å². The average Bonchev–Trinajstić information content (AvgIpc) is 3.34. The van der Waals surface area contributed by atoms with Gasteiger partial charge in [0, 0.05) is 47.5 Å². The number of Topliss-reactive ketones (excluding diaryl/α,β-unsaturated/α-hetero) is 1. The molecule has 1 atom stereocenters. The number of carbonyl (C=O) groups is 2. The first-order chi connectivity index (χ1) is 19.7. The molecule has 9 heteroatoms. The van der Waals surface area contributed by atoms with E-state index in [9.17, 15) is 14.0 Å². The van der Waals surface area contributed by atoms with Gasteiger partial charge in [-0.2, -0.15) is 5.10 Å². The van der Waals surface area contributed by atoms with Gasteiger partial charge in [-0.15, -0.1) is 0 Å². The number of fused-ring (bicyclic) bond motifs is 1. The van der Waals surface area contributed by atoms with E-state index in [0.29, 0.717) is 48.6 Å². The fourth-order valence-electron chi connectivity index (χ4n) is 6.24. The first-order valence-corrected chi connectivity index (χ1v) is 14.2. The van der Waals surface area contributed by atoms with Crippen molar-refractivity contribution in [2.75, 3.05) is 18.4 Å². The number of ketones is 1. The Bertz CT molecular complexity index is 1560. The summed E-state index contributed by atoms with van der Waals surface area (Å²) < 4.78 is 13.7. The molecule has 3 aliphatic rings. The van der Waals surface area contributed by atoms with Crippen LogP contribution in [0, 0.1) is 16.6 Å². The predicted octanol–water partition coefficient (Wildman–Crippen LogP) is 5.34. The van der Waals surface area contributed by atoms with Crippen molar-refractivity contribution in [3.8, 4) is 11.1 Å². The molecular formula is C32H35FN6O2. The summed E-state index contributed by atoms with van der Waals surface area (Å²) in [5.41, 5.74) is 10.4. The van der Waals surface area contributed by atoms with Crippen LogP contribution in [0.2, 0.25) is 0 Å². The third kappa shape index (κ3) is 5.22. The molecule has 3 aromatic rings. The van der Waals surface area contributed by atoms with Gasteiger partial charge >= 0.3 is 0 Å². The molecule has 0 saturated heterocycles. The minimum absolute atomic E-state index is 0.0481. The van der Waals surface area contributed by atoms with Crippen LogP contribution in [0.25, 0.3) is 17.2 Å². The summed E-state index contributed by atoms with van der Waals surface area (Å²) in [6.07, 6.45) is 9.74. The van der Waals surface area contributed by atoms with Crippen LogP contribution in [0.15, 0.2) is 59.9 Å². The largest absolute Gasteiger partial charge is 0.350 e. The number of pyridine rings is 1. The molecule has 41 heavy (non-hydrogen) atoms. The number of benzene rings is 1. The van der Waals surface area contributed by atoms with Crippen molar-refractivity contribution < 1.29 is 14.0 Å². The minimum atomic E-state index is -0.471. The number of anilines is 1. The SMILES string of the molecule is CC1(C)CC(=O)C2=C(C1)Nc1[nH]nc(C(=O)NCC3(CN)CCC3)c1C2/C=C/c1ccc(-c2cccc(F)c2)cn1. The van der Waals surface area contributed by atoms with Crippen LogP contribution in [-0.2, 0) is 4.79 Å². The molecule has 1 aromatic carbocycles. The van der Waals surface area contributed by atoms with Gasteiger partial charge in [0.05, 0.1) is 5.69 Å². The van der Waals surface area contributed by atoms with E-state index in [1.54, 1.807) is 12.3 Å². The highest BCUT2D eigenvalue weighted by Crippen LogP contribution is 2.48. The average molecular weight is 555 g/mol. The van der Waals surface area contributed by atoms with Gasteiger partial charge in [0.1, 0.15) is 11.6 Å². The number of hydrogen-bond acceptors (Lipinski definition) is 6. The molecule has 5 N–H and O–H groups in total. The second-order valence-corrected chi connectivity index (χ2v) is 12.4. The van der Waals surface area contributed by atoms with Crippen molar-refractivity contribution in [3.05, 3.63) is 82.7 Å². The molecule has 1 unspecified atom stereocenters. The summed E-state index contributed by atoms with van der Waals surface area (Å²) in [7, 11) is 0. The van der Waals surface area contributed by atoms with Crippen LogP contribution >= 0.6 is 0 Å². The van der Waals surface area contributed by atoms with E-state index in [1.165, 1.54) is 12.1 Å². The lowest BCUT2D eigenvalue weighted by Crippen LogP contribution is -2.47. The number of aromatic amines is 1. The van der Waals surface area contributed by atoms with Gasteiger partial charge in [-0.05, 0) is 66.5 Å². The van der Waals surface area contributed by atoms with Crippen molar-refractivity contribution in [2.24, 2.45) is 16.6 Å². The maximum absolute atomic E-state index is 13.7. The van der Waals surface area contributed by atoms with Crippen molar-refractivity contribution in [3.63, 3.8) is 0 Å². The molecule has 0 spiro atoms. The Balaban J connectivity index is 1.32. The molecule has 8 nitrogen and oxygen atoms in total. The summed E-state index contributed by atoms with van der Waals surface area (Å²) in [6, 6.07) is 10.1. The van der Waals surface area contributed by atoms with E-state index in [4.69, 9.17) is 5.73 Å². The van der Waals surface area contributed by atoms with Crippen LogP contribution in [-0.4, -0.2) is 40.0 Å². The summed E-state index contributed by atoms with van der Waals surface area (Å²) in [4.78, 5) is 31.5. The maximum Gasteiger partial charge on any atom is 0.272 e. The number of nitrogens with two attached hydrogens (primary N) is 1. The number of rotatable bonds is 7. The molecule has 0 bridgehead atoms. The summed E-state index contributed by atoms with van der Waals surface area (Å²) in [6.45, 7) is 5.20. The first-order valence-electron chi connectivity index (χ1n) is 14.2. The van der Waals surface area contributed by atoms with Crippen LogP contribution in [0.1, 0.15) is 73.6 Å².